The van der Waals surface area contributed by atoms with E-state index in [1.807, 2.05) is 31.2 Å². The first-order valence-corrected chi connectivity index (χ1v) is 11.3. The van der Waals surface area contributed by atoms with Gasteiger partial charge in [-0.1, -0.05) is 19.1 Å². The Labute approximate surface area is 208 Å². The molecular formula is C25H40N2O8. The monoisotopic (exact) mass is 496 g/mol. The molecule has 0 aliphatic heterocycles. The molecule has 0 bridgehead atoms. The van der Waals surface area contributed by atoms with Gasteiger partial charge in [-0.2, -0.15) is 0 Å². The molecule has 0 radical (unpaired) electrons. The fourth-order valence-electron chi connectivity index (χ4n) is 2.66. The highest BCUT2D eigenvalue weighted by atomic mass is 16.8. The fraction of sp³-hybridized carbons (Fsp3) is 0.600. The van der Waals surface area contributed by atoms with Crippen molar-refractivity contribution in [3.63, 3.8) is 0 Å². The molecule has 1 aromatic carbocycles. The van der Waals surface area contributed by atoms with Crippen molar-refractivity contribution in [2.24, 2.45) is 11.7 Å². The molecule has 0 aliphatic rings. The van der Waals surface area contributed by atoms with Crippen molar-refractivity contribution < 1.29 is 38.1 Å². The number of hydrogen-bond donors (Lipinski definition) is 1. The largest absolute Gasteiger partial charge is 0.519 e. The van der Waals surface area contributed by atoms with E-state index in [1.54, 1.807) is 46.4 Å². The van der Waals surface area contributed by atoms with Crippen LogP contribution in [0, 0.1) is 5.92 Å². The first-order chi connectivity index (χ1) is 16.0. The third-order valence-electron chi connectivity index (χ3n) is 4.07. The first-order valence-electron chi connectivity index (χ1n) is 11.3. The fourth-order valence-corrected chi connectivity index (χ4v) is 2.66. The maximum absolute atomic E-state index is 11.5. The molecule has 2 N–H and O–H groups in total. The van der Waals surface area contributed by atoms with E-state index in [0.29, 0.717) is 19.5 Å². The Morgan fingerprint density at radius 1 is 0.914 bits per heavy atom. The number of amides is 1. The van der Waals surface area contributed by atoms with Crippen molar-refractivity contribution in [1.82, 2.24) is 0 Å². The summed E-state index contributed by atoms with van der Waals surface area (Å²) < 4.78 is 18.5. The summed E-state index contributed by atoms with van der Waals surface area (Å²) in [7, 11) is 1.39. The van der Waals surface area contributed by atoms with Gasteiger partial charge >= 0.3 is 18.3 Å². The topological polar surface area (TPSA) is 134 Å². The van der Waals surface area contributed by atoms with Crippen LogP contribution in [0.25, 0.3) is 0 Å². The number of rotatable bonds is 6. The molecule has 198 valence electrons. The van der Waals surface area contributed by atoms with E-state index in [-0.39, 0.29) is 17.8 Å². The number of benzene rings is 1. The van der Waals surface area contributed by atoms with E-state index in [1.165, 1.54) is 14.0 Å². The normalized spacial score (nSPS) is 11.8. The second kappa shape index (κ2) is 14.3. The van der Waals surface area contributed by atoms with Gasteiger partial charge in [0, 0.05) is 25.7 Å². The van der Waals surface area contributed by atoms with Gasteiger partial charge in [-0.15, -0.1) is 0 Å². The lowest BCUT2D eigenvalue weighted by atomic mass is 10.0. The zero-order chi connectivity index (χ0) is 27.4. The summed E-state index contributed by atoms with van der Waals surface area (Å²) >= 11 is 0. The standard InChI is InChI=1S/C15H22N2O3.C10H18O5/c1-11(15(19)20-3)10-13-4-6-14(7-5-13)17(9-8-16)12(2)18;1-9(2,3)14-7(11)13-8(12)15-10(4,5)6/h4-7,11H,8-10,16H2,1-3H3;1-6H3/t11-;/m0./s1. The molecule has 0 saturated heterocycles. The zero-order valence-electron chi connectivity index (χ0n) is 22.3. The highest BCUT2D eigenvalue weighted by Gasteiger charge is 2.24. The third kappa shape index (κ3) is 14.7. The molecule has 0 fully saturated rings. The van der Waals surface area contributed by atoms with E-state index in [2.05, 4.69) is 4.74 Å². The van der Waals surface area contributed by atoms with Gasteiger partial charge in [0.2, 0.25) is 5.91 Å². The molecular weight excluding hydrogens is 456 g/mol. The zero-order valence-corrected chi connectivity index (χ0v) is 22.3. The van der Waals surface area contributed by atoms with Crippen molar-refractivity contribution in [3.8, 4) is 0 Å². The van der Waals surface area contributed by atoms with Crippen LogP contribution in [-0.2, 0) is 35.0 Å². The van der Waals surface area contributed by atoms with E-state index in [9.17, 15) is 19.2 Å². The molecule has 0 saturated carbocycles. The Morgan fingerprint density at radius 3 is 1.71 bits per heavy atom. The van der Waals surface area contributed by atoms with Gasteiger partial charge in [-0.25, -0.2) is 9.59 Å². The molecule has 1 rings (SSSR count). The van der Waals surface area contributed by atoms with E-state index in [4.69, 9.17) is 19.9 Å². The Hall–Kier alpha value is -3.14. The van der Waals surface area contributed by atoms with Crippen LogP contribution in [-0.4, -0.2) is 55.6 Å². The molecule has 0 spiro atoms. The van der Waals surface area contributed by atoms with Crippen LogP contribution < -0.4 is 10.6 Å². The van der Waals surface area contributed by atoms with E-state index >= 15 is 0 Å². The van der Waals surface area contributed by atoms with Crippen molar-refractivity contribution in [2.45, 2.75) is 73.0 Å². The number of ether oxygens (including phenoxy) is 4. The minimum Gasteiger partial charge on any atom is -0.469 e. The molecule has 0 aromatic heterocycles. The SMILES string of the molecule is CC(C)(C)OC(=O)OC(=O)OC(C)(C)C.COC(=O)[C@@H](C)Cc1ccc(N(CCN)C(C)=O)cc1. The minimum absolute atomic E-state index is 0.0360. The Bertz CT molecular complexity index is 813. The third-order valence-corrected chi connectivity index (χ3v) is 4.07. The predicted octanol–water partition coefficient (Wildman–Crippen LogP) is 4.22. The first kappa shape index (κ1) is 31.9. The van der Waals surface area contributed by atoms with Crippen LogP contribution in [0.4, 0.5) is 15.3 Å². The predicted molar refractivity (Wildman–Crippen MR) is 132 cm³/mol. The number of carbonyl (C=O) groups is 4. The molecule has 10 nitrogen and oxygen atoms in total. The van der Waals surface area contributed by atoms with Gasteiger partial charge in [-0.3, -0.25) is 9.59 Å². The highest BCUT2D eigenvalue weighted by Crippen LogP contribution is 2.18. The maximum Gasteiger partial charge on any atom is 0.519 e. The lowest BCUT2D eigenvalue weighted by molar-refractivity contribution is -0.144. The maximum atomic E-state index is 11.5. The van der Waals surface area contributed by atoms with Crippen molar-refractivity contribution >= 4 is 29.9 Å². The van der Waals surface area contributed by atoms with Crippen molar-refractivity contribution in [2.75, 3.05) is 25.1 Å². The quantitative estimate of drug-likeness (QED) is 0.349. The van der Waals surface area contributed by atoms with Gasteiger partial charge in [-0.05, 0) is 65.7 Å². The van der Waals surface area contributed by atoms with Crippen LogP contribution in [0.3, 0.4) is 0 Å². The molecule has 10 heteroatoms. The van der Waals surface area contributed by atoms with Crippen LogP contribution >= 0.6 is 0 Å². The van der Waals surface area contributed by atoms with Gasteiger partial charge in [0.25, 0.3) is 0 Å². The number of nitrogens with two attached hydrogens (primary N) is 1. The van der Waals surface area contributed by atoms with Gasteiger partial charge in [0.15, 0.2) is 0 Å². The number of nitrogens with zero attached hydrogens (tertiary/aromatic N) is 1. The van der Waals surface area contributed by atoms with Gasteiger partial charge in [0.05, 0.1) is 13.0 Å². The van der Waals surface area contributed by atoms with Crippen LogP contribution in [0.15, 0.2) is 24.3 Å². The number of carbonyl (C=O) groups excluding carboxylic acids is 4. The van der Waals surface area contributed by atoms with Crippen LogP contribution in [0.5, 0.6) is 0 Å². The number of methoxy groups -OCH3 is 1. The average Bonchev–Trinajstić information content (AvgIpc) is 2.69. The molecule has 1 atom stereocenters. The van der Waals surface area contributed by atoms with Gasteiger partial charge in [0.1, 0.15) is 11.2 Å². The number of hydrogen-bond acceptors (Lipinski definition) is 9. The Kier molecular flexibility index (Phi) is 13.0. The lowest BCUT2D eigenvalue weighted by Gasteiger charge is -2.20. The van der Waals surface area contributed by atoms with Crippen LogP contribution in [0.1, 0.15) is 61.0 Å². The molecule has 0 aliphatic carbocycles. The smallest absolute Gasteiger partial charge is 0.469 e. The molecule has 35 heavy (non-hydrogen) atoms. The molecule has 1 amide bonds. The summed E-state index contributed by atoms with van der Waals surface area (Å²) in [6.07, 6.45) is -1.50. The van der Waals surface area contributed by atoms with Crippen molar-refractivity contribution in [1.29, 1.82) is 0 Å². The molecule has 0 heterocycles. The summed E-state index contributed by atoms with van der Waals surface area (Å²) in [5.74, 6) is -0.437. The number of esters is 1. The number of anilines is 1. The summed E-state index contributed by atoms with van der Waals surface area (Å²) in [4.78, 5) is 46.6. The summed E-state index contributed by atoms with van der Waals surface area (Å²) in [5.41, 5.74) is 5.96. The Balaban J connectivity index is 0.000000691. The summed E-state index contributed by atoms with van der Waals surface area (Å²) in [5, 5.41) is 0. The second-order valence-electron chi connectivity index (χ2n) is 9.79. The molecule has 0 unspecified atom stereocenters. The minimum atomic E-state index is -1.06. The highest BCUT2D eigenvalue weighted by molar-refractivity contribution is 5.91. The Morgan fingerprint density at radius 2 is 1.37 bits per heavy atom. The van der Waals surface area contributed by atoms with Gasteiger partial charge < -0.3 is 29.6 Å². The summed E-state index contributed by atoms with van der Waals surface area (Å²) in [6, 6.07) is 7.58. The average molecular weight is 497 g/mol. The van der Waals surface area contributed by atoms with Crippen molar-refractivity contribution in [3.05, 3.63) is 29.8 Å². The van der Waals surface area contributed by atoms with Crippen LogP contribution in [0.2, 0.25) is 0 Å². The lowest BCUT2D eigenvalue weighted by Crippen LogP contribution is -2.33. The van der Waals surface area contributed by atoms with E-state index in [0.717, 1.165) is 11.3 Å². The second-order valence-corrected chi connectivity index (χ2v) is 9.79. The molecule has 1 aromatic rings. The van der Waals surface area contributed by atoms with E-state index < -0.39 is 23.5 Å². The summed E-state index contributed by atoms with van der Waals surface area (Å²) in [6.45, 7) is 14.3.